The molecular weight excluding hydrogens is 306 g/mol. The van der Waals surface area contributed by atoms with Gasteiger partial charge in [0.15, 0.2) is 6.61 Å². The van der Waals surface area contributed by atoms with Crippen LogP contribution in [0, 0.1) is 11.8 Å². The van der Waals surface area contributed by atoms with Crippen molar-refractivity contribution >= 4 is 39.5 Å². The first-order valence-electron chi connectivity index (χ1n) is 7.99. The fraction of sp³-hybridized carbons (Fsp3) is 0.263. The number of carbonyl (C=O) groups is 2. The Hall–Kier alpha value is -2.82. The first-order chi connectivity index (χ1) is 11.6. The second-order valence-electron chi connectivity index (χ2n) is 6.28. The van der Waals surface area contributed by atoms with Gasteiger partial charge in [0.05, 0.1) is 5.92 Å². The van der Waals surface area contributed by atoms with Crippen molar-refractivity contribution in [3.8, 4) is 0 Å². The lowest BCUT2D eigenvalue weighted by Gasteiger charge is -2.06. The quantitative estimate of drug-likeness (QED) is 0.743. The highest BCUT2D eigenvalue weighted by Crippen LogP contribution is 2.38. The van der Waals surface area contributed by atoms with Crippen molar-refractivity contribution in [2.45, 2.75) is 13.3 Å². The Kier molecular flexibility index (Phi) is 3.49. The fourth-order valence-corrected chi connectivity index (χ4v) is 2.90. The number of para-hydroxylation sites is 1. The van der Waals surface area contributed by atoms with E-state index in [1.807, 2.05) is 43.3 Å². The van der Waals surface area contributed by atoms with Crippen LogP contribution in [0.1, 0.15) is 13.3 Å². The molecule has 1 aliphatic rings. The van der Waals surface area contributed by atoms with E-state index >= 15 is 0 Å². The molecule has 0 radical (unpaired) electrons. The van der Waals surface area contributed by atoms with E-state index in [-0.39, 0.29) is 24.4 Å². The fourth-order valence-electron chi connectivity index (χ4n) is 2.90. The SMILES string of the molecule is C[C@@H]1C[C@@H]1C(=O)OCC(=O)Nc1ccc2oc3ccccc3c2c1. The molecule has 122 valence electrons. The van der Waals surface area contributed by atoms with Gasteiger partial charge in [-0.2, -0.15) is 0 Å². The molecule has 1 aliphatic carbocycles. The van der Waals surface area contributed by atoms with Crippen LogP contribution in [0.2, 0.25) is 0 Å². The summed E-state index contributed by atoms with van der Waals surface area (Å²) in [6.07, 6.45) is 0.852. The van der Waals surface area contributed by atoms with Crippen LogP contribution in [0.5, 0.6) is 0 Å². The van der Waals surface area contributed by atoms with Crippen molar-refractivity contribution in [3.05, 3.63) is 42.5 Å². The number of carbonyl (C=O) groups excluding carboxylic acids is 2. The van der Waals surface area contributed by atoms with Crippen molar-refractivity contribution in [3.63, 3.8) is 0 Å². The van der Waals surface area contributed by atoms with Gasteiger partial charge in [-0.05, 0) is 36.6 Å². The van der Waals surface area contributed by atoms with Crippen LogP contribution in [-0.4, -0.2) is 18.5 Å². The number of hydrogen-bond donors (Lipinski definition) is 1. The average Bonchev–Trinajstić information content (AvgIpc) is 3.20. The molecule has 1 N–H and O–H groups in total. The minimum Gasteiger partial charge on any atom is -0.456 e. The van der Waals surface area contributed by atoms with Crippen LogP contribution < -0.4 is 5.32 Å². The lowest BCUT2D eigenvalue weighted by molar-refractivity contribution is -0.148. The van der Waals surface area contributed by atoms with Crippen LogP contribution in [0.4, 0.5) is 5.69 Å². The lowest BCUT2D eigenvalue weighted by Crippen LogP contribution is -2.21. The second kappa shape index (κ2) is 5.67. The van der Waals surface area contributed by atoms with E-state index in [1.54, 1.807) is 6.07 Å². The van der Waals surface area contributed by atoms with Crippen LogP contribution in [0.25, 0.3) is 21.9 Å². The molecule has 0 saturated heterocycles. The molecule has 0 unspecified atom stereocenters. The maximum atomic E-state index is 12.0. The smallest absolute Gasteiger partial charge is 0.309 e. The number of anilines is 1. The summed E-state index contributed by atoms with van der Waals surface area (Å²) in [6.45, 7) is 1.74. The van der Waals surface area contributed by atoms with Crippen molar-refractivity contribution < 1.29 is 18.7 Å². The van der Waals surface area contributed by atoms with E-state index < -0.39 is 0 Å². The van der Waals surface area contributed by atoms with E-state index in [1.165, 1.54) is 0 Å². The lowest BCUT2D eigenvalue weighted by atomic mass is 10.1. The first kappa shape index (κ1) is 14.8. The highest BCUT2D eigenvalue weighted by molar-refractivity contribution is 6.07. The van der Waals surface area contributed by atoms with Crippen LogP contribution in [0.15, 0.2) is 46.9 Å². The molecule has 1 fully saturated rings. The van der Waals surface area contributed by atoms with Gasteiger partial charge < -0.3 is 14.5 Å². The molecule has 0 bridgehead atoms. The van der Waals surface area contributed by atoms with Crippen molar-refractivity contribution in [2.24, 2.45) is 11.8 Å². The first-order valence-corrected chi connectivity index (χ1v) is 7.99. The Morgan fingerprint density at radius 2 is 1.92 bits per heavy atom. The molecule has 5 heteroatoms. The molecule has 0 spiro atoms. The number of benzene rings is 2. The Morgan fingerprint density at radius 3 is 2.71 bits per heavy atom. The predicted octanol–water partition coefficient (Wildman–Crippen LogP) is 3.72. The summed E-state index contributed by atoms with van der Waals surface area (Å²) >= 11 is 0. The number of nitrogens with one attached hydrogen (secondary N) is 1. The van der Waals surface area contributed by atoms with Gasteiger partial charge in [0, 0.05) is 16.5 Å². The molecule has 0 aliphatic heterocycles. The van der Waals surface area contributed by atoms with Crippen LogP contribution in [-0.2, 0) is 14.3 Å². The third kappa shape index (κ3) is 2.73. The summed E-state index contributed by atoms with van der Waals surface area (Å²) in [5.74, 6) is -0.290. The zero-order valence-electron chi connectivity index (χ0n) is 13.2. The number of ether oxygens (including phenoxy) is 1. The summed E-state index contributed by atoms with van der Waals surface area (Å²) in [7, 11) is 0. The minimum atomic E-state index is -0.344. The highest BCUT2D eigenvalue weighted by Gasteiger charge is 2.40. The number of rotatable bonds is 4. The number of amides is 1. The number of fused-ring (bicyclic) bond motifs is 3. The van der Waals surface area contributed by atoms with Crippen molar-refractivity contribution in [1.29, 1.82) is 0 Å². The molecule has 2 atom stereocenters. The zero-order chi connectivity index (χ0) is 16.7. The number of furan rings is 1. The summed E-state index contributed by atoms with van der Waals surface area (Å²) in [4.78, 5) is 23.6. The standard InChI is InChI=1S/C19H17NO4/c1-11-8-14(11)19(22)23-10-18(21)20-12-6-7-17-15(9-12)13-4-2-3-5-16(13)24-17/h2-7,9,11,14H,8,10H2,1H3,(H,20,21)/t11-,14+/m1/s1. The number of esters is 1. The van der Waals surface area contributed by atoms with Crippen LogP contribution in [0.3, 0.4) is 0 Å². The topological polar surface area (TPSA) is 68.5 Å². The van der Waals surface area contributed by atoms with Gasteiger partial charge in [0.2, 0.25) is 0 Å². The van der Waals surface area contributed by atoms with E-state index in [0.29, 0.717) is 11.6 Å². The molecular formula is C19H17NO4. The number of hydrogen-bond acceptors (Lipinski definition) is 4. The minimum absolute atomic E-state index is 0.0357. The maximum Gasteiger partial charge on any atom is 0.309 e. The van der Waals surface area contributed by atoms with Gasteiger partial charge >= 0.3 is 5.97 Å². The monoisotopic (exact) mass is 323 g/mol. The molecule has 3 aromatic rings. The van der Waals surface area contributed by atoms with Gasteiger partial charge in [-0.3, -0.25) is 9.59 Å². The highest BCUT2D eigenvalue weighted by atomic mass is 16.5. The average molecular weight is 323 g/mol. The molecule has 1 saturated carbocycles. The van der Waals surface area contributed by atoms with E-state index in [0.717, 1.165) is 28.4 Å². The summed E-state index contributed by atoms with van der Waals surface area (Å²) in [5, 5.41) is 4.69. The van der Waals surface area contributed by atoms with Crippen LogP contribution >= 0.6 is 0 Å². The zero-order valence-corrected chi connectivity index (χ0v) is 13.2. The maximum absolute atomic E-state index is 12.0. The molecule has 1 amide bonds. The van der Waals surface area contributed by atoms with Gasteiger partial charge in [-0.1, -0.05) is 25.1 Å². The van der Waals surface area contributed by atoms with Crippen molar-refractivity contribution in [1.82, 2.24) is 0 Å². The molecule has 24 heavy (non-hydrogen) atoms. The third-order valence-corrected chi connectivity index (χ3v) is 4.42. The van der Waals surface area contributed by atoms with E-state index in [4.69, 9.17) is 9.15 Å². The summed E-state index contributed by atoms with van der Waals surface area (Å²) in [5.41, 5.74) is 2.22. The van der Waals surface area contributed by atoms with Gasteiger partial charge in [0.25, 0.3) is 5.91 Å². The van der Waals surface area contributed by atoms with E-state index in [2.05, 4.69) is 5.32 Å². The van der Waals surface area contributed by atoms with Gasteiger partial charge in [-0.25, -0.2) is 0 Å². The van der Waals surface area contributed by atoms with Gasteiger partial charge in [0.1, 0.15) is 11.2 Å². The summed E-state index contributed by atoms with van der Waals surface area (Å²) in [6, 6.07) is 13.2. The predicted molar refractivity (Wildman–Crippen MR) is 90.6 cm³/mol. The molecule has 5 nitrogen and oxygen atoms in total. The Labute approximate surface area is 138 Å². The summed E-state index contributed by atoms with van der Waals surface area (Å²) < 4.78 is 10.8. The Bertz CT molecular complexity index is 943. The Balaban J connectivity index is 1.46. The molecule has 2 aromatic carbocycles. The molecule has 1 aromatic heterocycles. The Morgan fingerprint density at radius 1 is 1.17 bits per heavy atom. The third-order valence-electron chi connectivity index (χ3n) is 4.42. The van der Waals surface area contributed by atoms with Gasteiger partial charge in [-0.15, -0.1) is 0 Å². The van der Waals surface area contributed by atoms with E-state index in [9.17, 15) is 9.59 Å². The molecule has 4 rings (SSSR count). The molecule has 1 heterocycles. The largest absolute Gasteiger partial charge is 0.456 e. The second-order valence-corrected chi connectivity index (χ2v) is 6.28. The normalized spacial score (nSPS) is 19.4. The van der Waals surface area contributed by atoms with Crippen molar-refractivity contribution in [2.75, 3.05) is 11.9 Å².